The SMILES string of the molecule is C=C1C(=O)OC2C1CC(OC(=O)/C(C)=C/C)C(C)(O)C1=CC=C(C)C12. The lowest BCUT2D eigenvalue weighted by Gasteiger charge is -2.34. The Bertz CT molecular complexity index is 737. The van der Waals surface area contributed by atoms with Crippen molar-refractivity contribution < 1.29 is 24.2 Å². The van der Waals surface area contributed by atoms with Crippen molar-refractivity contribution in [2.45, 2.75) is 51.9 Å². The summed E-state index contributed by atoms with van der Waals surface area (Å²) >= 11 is 0. The topological polar surface area (TPSA) is 72.8 Å². The first-order valence-corrected chi connectivity index (χ1v) is 8.53. The molecule has 1 saturated carbocycles. The Balaban J connectivity index is 2.01. The molecule has 0 aromatic carbocycles. The lowest BCUT2D eigenvalue weighted by atomic mass is 9.81. The fourth-order valence-electron chi connectivity index (χ4n) is 3.95. The molecule has 3 rings (SSSR count). The van der Waals surface area contributed by atoms with E-state index in [1.165, 1.54) is 0 Å². The Labute approximate surface area is 147 Å². The van der Waals surface area contributed by atoms with Gasteiger partial charge in [0.1, 0.15) is 17.8 Å². The van der Waals surface area contributed by atoms with Crippen LogP contribution >= 0.6 is 0 Å². The number of ether oxygens (including phenoxy) is 2. The van der Waals surface area contributed by atoms with Gasteiger partial charge in [-0.25, -0.2) is 9.59 Å². The van der Waals surface area contributed by atoms with E-state index in [1.54, 1.807) is 26.8 Å². The highest BCUT2D eigenvalue weighted by atomic mass is 16.6. The highest BCUT2D eigenvalue weighted by Gasteiger charge is 2.56. The zero-order valence-corrected chi connectivity index (χ0v) is 15.0. The normalized spacial score (nSPS) is 37.6. The molecule has 0 amide bonds. The molecule has 0 spiro atoms. The molecule has 134 valence electrons. The largest absolute Gasteiger partial charge is 0.457 e. The van der Waals surface area contributed by atoms with E-state index in [-0.39, 0.29) is 11.8 Å². The average Bonchev–Trinajstić information content (AvgIpc) is 3.05. The summed E-state index contributed by atoms with van der Waals surface area (Å²) in [6.45, 7) is 10.9. The minimum absolute atomic E-state index is 0.213. The van der Waals surface area contributed by atoms with Gasteiger partial charge in [0.2, 0.25) is 0 Å². The lowest BCUT2D eigenvalue weighted by molar-refractivity contribution is -0.156. The third-order valence-corrected chi connectivity index (χ3v) is 5.71. The molecule has 1 aliphatic heterocycles. The van der Waals surface area contributed by atoms with Crippen molar-refractivity contribution in [1.29, 1.82) is 0 Å². The predicted octanol–water partition coefficient (Wildman–Crippen LogP) is 2.62. The molecular formula is C20H24O5. The number of esters is 2. The molecule has 5 nitrogen and oxygen atoms in total. The zero-order chi connectivity index (χ0) is 18.5. The van der Waals surface area contributed by atoms with Gasteiger partial charge < -0.3 is 14.6 Å². The number of allylic oxidation sites excluding steroid dienone is 3. The first-order chi connectivity index (χ1) is 11.7. The van der Waals surface area contributed by atoms with Gasteiger partial charge in [-0.1, -0.05) is 30.4 Å². The third kappa shape index (κ3) is 2.67. The first kappa shape index (κ1) is 17.7. The molecule has 2 fully saturated rings. The van der Waals surface area contributed by atoms with Crippen molar-refractivity contribution in [2.75, 3.05) is 0 Å². The van der Waals surface area contributed by atoms with Crippen LogP contribution in [0.4, 0.5) is 0 Å². The number of fused-ring (bicyclic) bond motifs is 3. The number of carbonyl (C=O) groups is 2. The van der Waals surface area contributed by atoms with Crippen LogP contribution in [0.2, 0.25) is 0 Å². The quantitative estimate of drug-likeness (QED) is 0.616. The summed E-state index contributed by atoms with van der Waals surface area (Å²) in [7, 11) is 0. The van der Waals surface area contributed by atoms with E-state index in [0.29, 0.717) is 17.6 Å². The van der Waals surface area contributed by atoms with Crippen LogP contribution in [0.3, 0.4) is 0 Å². The molecule has 2 aliphatic carbocycles. The first-order valence-electron chi connectivity index (χ1n) is 8.53. The number of hydrogen-bond donors (Lipinski definition) is 1. The van der Waals surface area contributed by atoms with Gasteiger partial charge in [-0.05, 0) is 39.7 Å². The monoisotopic (exact) mass is 344 g/mol. The predicted molar refractivity (Wildman–Crippen MR) is 92.4 cm³/mol. The van der Waals surface area contributed by atoms with Gasteiger partial charge in [-0.3, -0.25) is 0 Å². The lowest BCUT2D eigenvalue weighted by Crippen LogP contribution is -2.45. The third-order valence-electron chi connectivity index (χ3n) is 5.71. The summed E-state index contributed by atoms with van der Waals surface area (Å²) in [5.41, 5.74) is 1.24. The Morgan fingerprint density at radius 1 is 1.48 bits per heavy atom. The van der Waals surface area contributed by atoms with Crippen molar-refractivity contribution in [3.8, 4) is 0 Å². The molecule has 1 heterocycles. The standard InChI is InChI=1S/C20H24O5/c1-6-10(2)18(21)24-15-9-13-12(4)19(22)25-17(13)16-11(3)7-8-14(16)20(15,5)23/h6-8,13,15-17,23H,4,9H2,1-3,5H3/b10-6+. The molecule has 1 saturated heterocycles. The Kier molecular flexibility index (Phi) is 4.23. The van der Waals surface area contributed by atoms with Gasteiger partial charge in [0.25, 0.3) is 0 Å². The van der Waals surface area contributed by atoms with Gasteiger partial charge in [0, 0.05) is 23.0 Å². The van der Waals surface area contributed by atoms with E-state index >= 15 is 0 Å². The molecule has 0 bridgehead atoms. The second-order valence-corrected chi connectivity index (χ2v) is 7.26. The summed E-state index contributed by atoms with van der Waals surface area (Å²) in [6, 6.07) is 0. The summed E-state index contributed by atoms with van der Waals surface area (Å²) in [5.74, 6) is -1.39. The molecule has 5 atom stereocenters. The summed E-state index contributed by atoms with van der Waals surface area (Å²) < 4.78 is 11.2. The van der Waals surface area contributed by atoms with Crippen molar-refractivity contribution >= 4 is 11.9 Å². The second-order valence-electron chi connectivity index (χ2n) is 7.26. The summed E-state index contributed by atoms with van der Waals surface area (Å²) in [6.07, 6.45) is 4.53. The van der Waals surface area contributed by atoms with E-state index in [9.17, 15) is 14.7 Å². The Morgan fingerprint density at radius 2 is 2.16 bits per heavy atom. The van der Waals surface area contributed by atoms with Crippen molar-refractivity contribution in [1.82, 2.24) is 0 Å². The maximum atomic E-state index is 12.3. The number of aliphatic hydroxyl groups is 1. The minimum Gasteiger partial charge on any atom is -0.457 e. The fourth-order valence-corrected chi connectivity index (χ4v) is 3.95. The molecule has 0 aromatic heterocycles. The maximum Gasteiger partial charge on any atom is 0.334 e. The van der Waals surface area contributed by atoms with Crippen molar-refractivity contribution in [2.24, 2.45) is 11.8 Å². The summed E-state index contributed by atoms with van der Waals surface area (Å²) in [5, 5.41) is 11.2. The van der Waals surface area contributed by atoms with Crippen LogP contribution in [-0.4, -0.2) is 34.9 Å². The smallest absolute Gasteiger partial charge is 0.334 e. The summed E-state index contributed by atoms with van der Waals surface area (Å²) in [4.78, 5) is 24.3. The molecule has 3 aliphatic rings. The molecule has 25 heavy (non-hydrogen) atoms. The van der Waals surface area contributed by atoms with Crippen LogP contribution < -0.4 is 0 Å². The maximum absolute atomic E-state index is 12.3. The molecule has 0 aromatic rings. The molecule has 0 radical (unpaired) electrons. The number of carbonyl (C=O) groups excluding carboxylic acids is 2. The molecule has 1 N–H and O–H groups in total. The van der Waals surface area contributed by atoms with E-state index in [4.69, 9.17) is 9.47 Å². The van der Waals surface area contributed by atoms with Crippen LogP contribution in [0.5, 0.6) is 0 Å². The zero-order valence-electron chi connectivity index (χ0n) is 15.0. The van der Waals surface area contributed by atoms with E-state index in [0.717, 1.165) is 11.1 Å². The van der Waals surface area contributed by atoms with Gasteiger partial charge in [-0.2, -0.15) is 0 Å². The van der Waals surface area contributed by atoms with E-state index in [1.807, 2.05) is 19.1 Å². The highest BCUT2D eigenvalue weighted by Crippen LogP contribution is 2.50. The Hall–Kier alpha value is -2.14. The van der Waals surface area contributed by atoms with Gasteiger partial charge in [-0.15, -0.1) is 0 Å². The van der Waals surface area contributed by atoms with Gasteiger partial charge in [0.05, 0.1) is 0 Å². The van der Waals surface area contributed by atoms with Gasteiger partial charge >= 0.3 is 11.9 Å². The van der Waals surface area contributed by atoms with E-state index < -0.39 is 29.7 Å². The van der Waals surface area contributed by atoms with Crippen LogP contribution in [0.25, 0.3) is 0 Å². The Morgan fingerprint density at radius 3 is 2.80 bits per heavy atom. The number of rotatable bonds is 2. The number of hydrogen-bond acceptors (Lipinski definition) is 5. The van der Waals surface area contributed by atoms with Crippen molar-refractivity contribution in [3.63, 3.8) is 0 Å². The molecule has 5 unspecified atom stereocenters. The van der Waals surface area contributed by atoms with E-state index in [2.05, 4.69) is 6.58 Å². The molecular weight excluding hydrogens is 320 g/mol. The second kappa shape index (κ2) is 5.99. The van der Waals surface area contributed by atoms with Gasteiger partial charge in [0.15, 0.2) is 0 Å². The van der Waals surface area contributed by atoms with Crippen LogP contribution in [0.15, 0.2) is 47.1 Å². The van der Waals surface area contributed by atoms with Crippen molar-refractivity contribution in [3.05, 3.63) is 47.1 Å². The van der Waals surface area contributed by atoms with Crippen LogP contribution in [0.1, 0.15) is 34.1 Å². The molecule has 5 heteroatoms. The van der Waals surface area contributed by atoms with Crippen LogP contribution in [0, 0.1) is 11.8 Å². The average molecular weight is 344 g/mol. The highest BCUT2D eigenvalue weighted by molar-refractivity contribution is 5.91. The fraction of sp³-hybridized carbons (Fsp3) is 0.500. The minimum atomic E-state index is -1.35. The van der Waals surface area contributed by atoms with Crippen LogP contribution in [-0.2, 0) is 19.1 Å².